The summed E-state index contributed by atoms with van der Waals surface area (Å²) in [7, 11) is 1.74. The summed E-state index contributed by atoms with van der Waals surface area (Å²) in [5.41, 5.74) is 0. The van der Waals surface area contributed by atoms with Crippen molar-refractivity contribution in [1.29, 1.82) is 0 Å². The van der Waals surface area contributed by atoms with Crippen LogP contribution >= 0.6 is 15.9 Å². The summed E-state index contributed by atoms with van der Waals surface area (Å²) in [5.74, 6) is 2.51. The fourth-order valence-corrected chi connectivity index (χ4v) is 3.03. The molecule has 0 aliphatic carbocycles. The molecule has 0 unspecified atom stereocenters. The third-order valence-corrected chi connectivity index (χ3v) is 4.14. The lowest BCUT2D eigenvalue weighted by atomic mass is 10.2. The maximum Gasteiger partial charge on any atom is 0.173 e. The highest BCUT2D eigenvalue weighted by molar-refractivity contribution is 9.10. The number of H-pyrrole nitrogens is 1. The van der Waals surface area contributed by atoms with Gasteiger partial charge in [0.15, 0.2) is 5.82 Å². The van der Waals surface area contributed by atoms with Crippen LogP contribution in [-0.4, -0.2) is 39.9 Å². The smallest absolute Gasteiger partial charge is 0.173 e. The minimum absolute atomic E-state index is 0.0797. The van der Waals surface area contributed by atoms with Crippen molar-refractivity contribution in [2.24, 2.45) is 0 Å². The van der Waals surface area contributed by atoms with Crippen LogP contribution in [-0.2, 0) is 4.74 Å². The first kappa shape index (κ1) is 13.5. The molecule has 1 aliphatic heterocycles. The van der Waals surface area contributed by atoms with E-state index in [1.807, 2.05) is 19.1 Å². The predicted molar refractivity (Wildman–Crippen MR) is 78.6 cm³/mol. The SMILES string of the molecule is CO[C@@H]1C[C@@H](c2n[nH]c(C)n2)N(c2ncccc2Br)C1. The first-order valence-corrected chi connectivity index (χ1v) is 7.27. The van der Waals surface area contributed by atoms with E-state index >= 15 is 0 Å². The molecule has 1 aliphatic rings. The molecule has 106 valence electrons. The molecule has 1 saturated heterocycles. The number of rotatable bonds is 3. The molecule has 2 atom stereocenters. The number of aromatic amines is 1. The van der Waals surface area contributed by atoms with Crippen LogP contribution in [0.3, 0.4) is 0 Å². The topological polar surface area (TPSA) is 66.9 Å². The summed E-state index contributed by atoms with van der Waals surface area (Å²) in [5, 5.41) is 7.20. The molecule has 1 N–H and O–H groups in total. The maximum atomic E-state index is 5.51. The highest BCUT2D eigenvalue weighted by atomic mass is 79.9. The number of aryl methyl sites for hydroxylation is 1. The standard InChI is InChI=1S/C13H16BrN5O/c1-8-16-12(18-17-8)11-6-9(20-2)7-19(11)13-10(14)4-3-5-15-13/h3-5,9,11H,6-7H2,1-2H3,(H,16,17,18)/t9-,11+/m1/s1. The van der Waals surface area contributed by atoms with Crippen LogP contribution in [0.15, 0.2) is 22.8 Å². The Bertz CT molecular complexity index is 602. The largest absolute Gasteiger partial charge is 0.380 e. The second-order valence-electron chi connectivity index (χ2n) is 4.85. The summed E-state index contributed by atoms with van der Waals surface area (Å²) in [6, 6.07) is 3.97. The molecule has 0 amide bonds. The molecule has 2 aromatic rings. The number of nitrogens with one attached hydrogen (secondary N) is 1. The van der Waals surface area contributed by atoms with Crippen molar-refractivity contribution < 1.29 is 4.74 Å². The van der Waals surface area contributed by atoms with Gasteiger partial charge in [-0.05, 0) is 35.0 Å². The zero-order chi connectivity index (χ0) is 14.1. The van der Waals surface area contributed by atoms with E-state index in [-0.39, 0.29) is 12.1 Å². The second-order valence-corrected chi connectivity index (χ2v) is 5.70. The normalized spacial score (nSPS) is 22.4. The highest BCUT2D eigenvalue weighted by Gasteiger charge is 2.37. The van der Waals surface area contributed by atoms with Crippen molar-refractivity contribution in [3.63, 3.8) is 0 Å². The van der Waals surface area contributed by atoms with Gasteiger partial charge in [0.25, 0.3) is 0 Å². The van der Waals surface area contributed by atoms with Gasteiger partial charge in [0.2, 0.25) is 0 Å². The third-order valence-electron chi connectivity index (χ3n) is 3.52. The molecule has 0 spiro atoms. The molecular weight excluding hydrogens is 322 g/mol. The number of ether oxygens (including phenoxy) is 1. The number of halogens is 1. The number of methoxy groups -OCH3 is 1. The van der Waals surface area contributed by atoms with E-state index in [1.54, 1.807) is 13.3 Å². The fraction of sp³-hybridized carbons (Fsp3) is 0.462. The van der Waals surface area contributed by atoms with Gasteiger partial charge in [-0.1, -0.05) is 0 Å². The summed E-state index contributed by atoms with van der Waals surface area (Å²) in [6.07, 6.45) is 2.81. The van der Waals surface area contributed by atoms with Crippen molar-refractivity contribution in [2.45, 2.75) is 25.5 Å². The van der Waals surface area contributed by atoms with E-state index in [0.29, 0.717) is 0 Å². The van der Waals surface area contributed by atoms with E-state index in [0.717, 1.165) is 34.9 Å². The minimum atomic E-state index is 0.0797. The average Bonchev–Trinajstić information content (AvgIpc) is 3.05. The van der Waals surface area contributed by atoms with E-state index in [9.17, 15) is 0 Å². The molecule has 7 heteroatoms. The van der Waals surface area contributed by atoms with Gasteiger partial charge >= 0.3 is 0 Å². The lowest BCUT2D eigenvalue weighted by Crippen LogP contribution is -2.26. The lowest BCUT2D eigenvalue weighted by molar-refractivity contribution is 0.118. The van der Waals surface area contributed by atoms with Crippen LogP contribution in [0, 0.1) is 6.92 Å². The highest BCUT2D eigenvalue weighted by Crippen LogP contribution is 2.37. The number of hydrogen-bond acceptors (Lipinski definition) is 5. The van der Waals surface area contributed by atoms with Crippen LogP contribution < -0.4 is 4.90 Å². The number of anilines is 1. The Morgan fingerprint density at radius 2 is 2.35 bits per heavy atom. The second kappa shape index (κ2) is 5.49. The summed E-state index contributed by atoms with van der Waals surface area (Å²) >= 11 is 3.56. The molecule has 3 heterocycles. The zero-order valence-corrected chi connectivity index (χ0v) is 13.0. The van der Waals surface area contributed by atoms with Crippen molar-refractivity contribution in [2.75, 3.05) is 18.6 Å². The molecule has 0 aromatic carbocycles. The zero-order valence-electron chi connectivity index (χ0n) is 11.4. The first-order valence-electron chi connectivity index (χ1n) is 6.48. The van der Waals surface area contributed by atoms with Crippen molar-refractivity contribution in [3.05, 3.63) is 34.5 Å². The van der Waals surface area contributed by atoms with Crippen molar-refractivity contribution >= 4 is 21.7 Å². The maximum absolute atomic E-state index is 5.51. The number of pyridine rings is 1. The Balaban J connectivity index is 1.96. The van der Waals surface area contributed by atoms with Crippen molar-refractivity contribution in [1.82, 2.24) is 20.2 Å². The summed E-state index contributed by atoms with van der Waals surface area (Å²) < 4.78 is 6.48. The molecule has 0 radical (unpaired) electrons. The Morgan fingerprint density at radius 3 is 3.00 bits per heavy atom. The fourth-order valence-electron chi connectivity index (χ4n) is 2.54. The number of hydrogen-bond donors (Lipinski definition) is 1. The van der Waals surface area contributed by atoms with E-state index in [4.69, 9.17) is 4.74 Å². The molecule has 3 rings (SSSR count). The van der Waals surface area contributed by atoms with Gasteiger partial charge in [0, 0.05) is 26.3 Å². The molecule has 0 bridgehead atoms. The minimum Gasteiger partial charge on any atom is -0.380 e. The third kappa shape index (κ3) is 2.43. The number of nitrogens with zero attached hydrogens (tertiary/aromatic N) is 4. The van der Waals surface area contributed by atoms with Crippen LogP contribution in [0.4, 0.5) is 5.82 Å². The van der Waals surface area contributed by atoms with Gasteiger partial charge in [-0.3, -0.25) is 5.10 Å². The molecule has 6 nitrogen and oxygen atoms in total. The molecular formula is C13H16BrN5O. The van der Waals surface area contributed by atoms with E-state index in [2.05, 4.69) is 41.0 Å². The first-order chi connectivity index (χ1) is 9.69. The van der Waals surface area contributed by atoms with E-state index < -0.39 is 0 Å². The summed E-state index contributed by atoms with van der Waals surface area (Å²) in [4.78, 5) is 11.1. The van der Waals surface area contributed by atoms with Crippen LogP contribution in [0.5, 0.6) is 0 Å². The Morgan fingerprint density at radius 1 is 1.50 bits per heavy atom. The molecule has 0 saturated carbocycles. The monoisotopic (exact) mass is 337 g/mol. The molecule has 1 fully saturated rings. The van der Waals surface area contributed by atoms with Gasteiger partial charge < -0.3 is 9.64 Å². The van der Waals surface area contributed by atoms with Gasteiger partial charge in [0.1, 0.15) is 11.6 Å². The Labute approximate surface area is 125 Å². The van der Waals surface area contributed by atoms with Crippen molar-refractivity contribution in [3.8, 4) is 0 Å². The number of aromatic nitrogens is 4. The Kier molecular flexibility index (Phi) is 3.71. The predicted octanol–water partition coefficient (Wildman–Crippen LogP) is 2.24. The molecule has 20 heavy (non-hydrogen) atoms. The van der Waals surface area contributed by atoms with Gasteiger partial charge in [-0.2, -0.15) is 5.10 Å². The van der Waals surface area contributed by atoms with Gasteiger partial charge in [-0.15, -0.1) is 0 Å². The van der Waals surface area contributed by atoms with Gasteiger partial charge in [0.05, 0.1) is 16.6 Å². The quantitative estimate of drug-likeness (QED) is 0.930. The Hall–Kier alpha value is -1.47. The van der Waals surface area contributed by atoms with E-state index in [1.165, 1.54) is 0 Å². The van der Waals surface area contributed by atoms with Crippen LogP contribution in [0.25, 0.3) is 0 Å². The average molecular weight is 338 g/mol. The summed E-state index contributed by atoms with van der Waals surface area (Å²) in [6.45, 7) is 2.69. The van der Waals surface area contributed by atoms with Crippen LogP contribution in [0.1, 0.15) is 24.1 Å². The lowest BCUT2D eigenvalue weighted by Gasteiger charge is -2.24. The molecule has 2 aromatic heterocycles. The van der Waals surface area contributed by atoms with Crippen LogP contribution in [0.2, 0.25) is 0 Å². The van der Waals surface area contributed by atoms with Gasteiger partial charge in [-0.25, -0.2) is 9.97 Å².